The molecule has 0 bridgehead atoms. The Morgan fingerprint density at radius 3 is 2.36 bits per heavy atom. The lowest BCUT2D eigenvalue weighted by molar-refractivity contribution is 0.0955. The predicted octanol–water partition coefficient (Wildman–Crippen LogP) is 4.06. The number of aryl methyl sites for hydroxylation is 1. The molecule has 2 aromatic carbocycles. The van der Waals surface area contributed by atoms with E-state index in [2.05, 4.69) is 31.3 Å². The Balaban J connectivity index is 2.00. The van der Waals surface area contributed by atoms with Gasteiger partial charge < -0.3 is 0 Å². The molecule has 0 radical (unpaired) electrons. The van der Waals surface area contributed by atoms with Gasteiger partial charge in [0, 0.05) is 5.56 Å². The maximum absolute atomic E-state index is 12.0. The van der Waals surface area contributed by atoms with Gasteiger partial charge in [-0.25, -0.2) is 5.43 Å². The first kappa shape index (κ1) is 16.0. The molecule has 0 saturated carbocycles. The van der Waals surface area contributed by atoms with E-state index in [0.717, 1.165) is 11.1 Å². The summed E-state index contributed by atoms with van der Waals surface area (Å²) in [6, 6.07) is 15.6. The van der Waals surface area contributed by atoms with Gasteiger partial charge in [-0.2, -0.15) is 5.10 Å². The molecular formula is C19H22N2O. The van der Waals surface area contributed by atoms with Crippen LogP contribution in [-0.2, 0) is 5.41 Å². The van der Waals surface area contributed by atoms with E-state index in [1.807, 2.05) is 55.5 Å². The molecule has 0 spiro atoms. The molecule has 2 rings (SSSR count). The summed E-state index contributed by atoms with van der Waals surface area (Å²) in [5.41, 5.74) is 6.57. The van der Waals surface area contributed by atoms with Crippen LogP contribution < -0.4 is 5.43 Å². The van der Waals surface area contributed by atoms with Crippen LogP contribution in [0, 0.1) is 6.92 Å². The zero-order valence-corrected chi connectivity index (χ0v) is 13.6. The quantitative estimate of drug-likeness (QED) is 0.673. The van der Waals surface area contributed by atoms with Gasteiger partial charge >= 0.3 is 0 Å². The minimum Gasteiger partial charge on any atom is -0.267 e. The zero-order valence-electron chi connectivity index (χ0n) is 13.6. The van der Waals surface area contributed by atoms with Crippen molar-refractivity contribution in [3.8, 4) is 0 Å². The molecule has 3 heteroatoms. The van der Waals surface area contributed by atoms with Gasteiger partial charge in [-0.1, -0.05) is 62.7 Å². The van der Waals surface area contributed by atoms with Crippen molar-refractivity contribution in [1.82, 2.24) is 5.43 Å². The lowest BCUT2D eigenvalue weighted by Gasteiger charge is -2.18. The Labute approximate surface area is 132 Å². The summed E-state index contributed by atoms with van der Waals surface area (Å²) in [6.07, 6.45) is 1.65. The van der Waals surface area contributed by atoms with E-state index in [4.69, 9.17) is 0 Å². The van der Waals surface area contributed by atoms with Crippen molar-refractivity contribution in [3.05, 3.63) is 70.8 Å². The van der Waals surface area contributed by atoms with Gasteiger partial charge in [0.2, 0.25) is 0 Å². The second-order valence-electron chi connectivity index (χ2n) is 6.44. The molecule has 0 saturated heterocycles. The maximum atomic E-state index is 12.0. The Bertz CT molecular complexity index is 679. The summed E-state index contributed by atoms with van der Waals surface area (Å²) in [5, 5.41) is 4.01. The highest BCUT2D eigenvalue weighted by atomic mass is 16.2. The lowest BCUT2D eigenvalue weighted by atomic mass is 9.87. The molecule has 0 fully saturated rings. The third kappa shape index (κ3) is 4.29. The lowest BCUT2D eigenvalue weighted by Crippen LogP contribution is -2.18. The highest BCUT2D eigenvalue weighted by Gasteiger charge is 2.14. The van der Waals surface area contributed by atoms with Crippen LogP contribution in [0.3, 0.4) is 0 Å². The molecule has 3 nitrogen and oxygen atoms in total. The summed E-state index contributed by atoms with van der Waals surface area (Å²) < 4.78 is 0. The number of nitrogens with zero attached hydrogens (tertiary/aromatic N) is 1. The number of hydrazone groups is 1. The van der Waals surface area contributed by atoms with Crippen LogP contribution in [0.5, 0.6) is 0 Å². The molecule has 22 heavy (non-hydrogen) atoms. The van der Waals surface area contributed by atoms with Crippen molar-refractivity contribution in [2.24, 2.45) is 5.10 Å². The van der Waals surface area contributed by atoms with Crippen LogP contribution in [0.1, 0.15) is 47.8 Å². The maximum Gasteiger partial charge on any atom is 0.271 e. The van der Waals surface area contributed by atoms with Gasteiger partial charge in [0.25, 0.3) is 5.91 Å². The van der Waals surface area contributed by atoms with E-state index in [1.54, 1.807) is 6.21 Å². The molecule has 0 heterocycles. The normalized spacial score (nSPS) is 11.6. The number of nitrogens with one attached hydrogen (secondary N) is 1. The van der Waals surface area contributed by atoms with Crippen molar-refractivity contribution in [2.45, 2.75) is 33.1 Å². The van der Waals surface area contributed by atoms with Crippen LogP contribution in [0.4, 0.5) is 0 Å². The number of hydrogen-bond acceptors (Lipinski definition) is 2. The first-order valence-corrected chi connectivity index (χ1v) is 7.37. The number of carbonyl (C=O) groups is 1. The summed E-state index contributed by atoms with van der Waals surface area (Å²) >= 11 is 0. The van der Waals surface area contributed by atoms with Crippen molar-refractivity contribution in [1.29, 1.82) is 0 Å². The number of hydrogen-bond donors (Lipinski definition) is 1. The Morgan fingerprint density at radius 1 is 1.09 bits per heavy atom. The minimum atomic E-state index is -0.204. The predicted molar refractivity (Wildman–Crippen MR) is 91.4 cm³/mol. The van der Waals surface area contributed by atoms with Crippen LogP contribution in [-0.4, -0.2) is 12.1 Å². The average molecular weight is 294 g/mol. The van der Waals surface area contributed by atoms with E-state index in [-0.39, 0.29) is 11.3 Å². The van der Waals surface area contributed by atoms with Gasteiger partial charge in [0.15, 0.2) is 0 Å². The zero-order chi connectivity index (χ0) is 16.2. The second-order valence-corrected chi connectivity index (χ2v) is 6.44. The van der Waals surface area contributed by atoms with Gasteiger partial charge in [-0.05, 0) is 35.6 Å². The van der Waals surface area contributed by atoms with Crippen molar-refractivity contribution >= 4 is 12.1 Å². The van der Waals surface area contributed by atoms with Crippen LogP contribution in [0.15, 0.2) is 53.6 Å². The number of rotatable bonds is 3. The van der Waals surface area contributed by atoms with Crippen molar-refractivity contribution < 1.29 is 4.79 Å². The average Bonchev–Trinajstić information content (AvgIpc) is 2.46. The summed E-state index contributed by atoms with van der Waals surface area (Å²) in [7, 11) is 0. The topological polar surface area (TPSA) is 41.5 Å². The highest BCUT2D eigenvalue weighted by Crippen LogP contribution is 2.22. The Kier molecular flexibility index (Phi) is 4.76. The smallest absolute Gasteiger partial charge is 0.267 e. The number of amides is 1. The molecule has 0 aliphatic rings. The standard InChI is InChI=1S/C19H22N2O/c1-14-6-5-7-15(12-14)13-20-21-18(22)16-8-10-17(11-9-16)19(2,3)4/h5-13H,1-4H3,(H,21,22)/b20-13+. The minimum absolute atomic E-state index is 0.0817. The molecule has 0 atom stereocenters. The van der Waals surface area contributed by atoms with Crippen LogP contribution in [0.25, 0.3) is 0 Å². The molecule has 0 unspecified atom stereocenters. The third-order valence-electron chi connectivity index (χ3n) is 3.43. The Morgan fingerprint density at radius 2 is 1.77 bits per heavy atom. The molecular weight excluding hydrogens is 272 g/mol. The van der Waals surface area contributed by atoms with Crippen molar-refractivity contribution in [2.75, 3.05) is 0 Å². The SMILES string of the molecule is Cc1cccc(/C=N/NC(=O)c2ccc(C(C)(C)C)cc2)c1. The van der Waals surface area contributed by atoms with Gasteiger partial charge in [-0.15, -0.1) is 0 Å². The van der Waals surface area contributed by atoms with Gasteiger partial charge in [0.05, 0.1) is 6.21 Å². The fraction of sp³-hybridized carbons (Fsp3) is 0.263. The van der Waals surface area contributed by atoms with Gasteiger partial charge in [0.1, 0.15) is 0 Å². The van der Waals surface area contributed by atoms with Crippen molar-refractivity contribution in [3.63, 3.8) is 0 Å². The summed E-state index contributed by atoms with van der Waals surface area (Å²) in [5.74, 6) is -0.204. The first-order valence-electron chi connectivity index (χ1n) is 7.37. The fourth-order valence-corrected chi connectivity index (χ4v) is 2.10. The van der Waals surface area contributed by atoms with Crippen LogP contribution >= 0.6 is 0 Å². The molecule has 2 aromatic rings. The van der Waals surface area contributed by atoms with Gasteiger partial charge in [-0.3, -0.25) is 4.79 Å². The molecule has 1 amide bonds. The molecule has 114 valence electrons. The molecule has 0 aliphatic heterocycles. The highest BCUT2D eigenvalue weighted by molar-refractivity contribution is 5.94. The molecule has 0 aromatic heterocycles. The second kappa shape index (κ2) is 6.56. The molecule has 1 N–H and O–H groups in total. The third-order valence-corrected chi connectivity index (χ3v) is 3.43. The monoisotopic (exact) mass is 294 g/mol. The van der Waals surface area contributed by atoms with E-state index in [0.29, 0.717) is 5.56 Å². The molecule has 0 aliphatic carbocycles. The first-order chi connectivity index (χ1) is 10.4. The number of benzene rings is 2. The van der Waals surface area contributed by atoms with E-state index in [9.17, 15) is 4.79 Å². The largest absolute Gasteiger partial charge is 0.271 e. The van der Waals surface area contributed by atoms with E-state index in [1.165, 1.54) is 5.56 Å². The van der Waals surface area contributed by atoms with E-state index < -0.39 is 0 Å². The Hall–Kier alpha value is -2.42. The summed E-state index contributed by atoms with van der Waals surface area (Å²) in [4.78, 5) is 12.0. The number of carbonyl (C=O) groups excluding carboxylic acids is 1. The van der Waals surface area contributed by atoms with Crippen LogP contribution in [0.2, 0.25) is 0 Å². The summed E-state index contributed by atoms with van der Waals surface area (Å²) in [6.45, 7) is 8.46. The fourth-order valence-electron chi connectivity index (χ4n) is 2.10. The van der Waals surface area contributed by atoms with E-state index >= 15 is 0 Å².